The lowest BCUT2D eigenvalue weighted by Crippen LogP contribution is -3.17. The van der Waals surface area contributed by atoms with Crippen LogP contribution in [0, 0.1) is 16.0 Å². The number of nitro groups is 1. The van der Waals surface area contributed by atoms with Crippen molar-refractivity contribution in [1.29, 1.82) is 0 Å². The molecule has 0 aliphatic carbocycles. The number of benzene rings is 2. The quantitative estimate of drug-likeness (QED) is 0.428. The molecule has 4 saturated heterocycles. The van der Waals surface area contributed by atoms with E-state index in [0.717, 1.165) is 31.7 Å². The number of nitro benzene ring substituents is 1. The van der Waals surface area contributed by atoms with Gasteiger partial charge in [-0.05, 0) is 23.3 Å². The molecular formula is C22H25N5O2+2. The predicted molar refractivity (Wildman–Crippen MR) is 111 cm³/mol. The van der Waals surface area contributed by atoms with Crippen LogP contribution in [-0.4, -0.2) is 56.1 Å². The van der Waals surface area contributed by atoms with Crippen LogP contribution in [0.25, 0.3) is 0 Å². The summed E-state index contributed by atoms with van der Waals surface area (Å²) in [6, 6.07) is 17.2. The van der Waals surface area contributed by atoms with Crippen LogP contribution < -0.4 is 9.80 Å². The maximum absolute atomic E-state index is 10.8. The van der Waals surface area contributed by atoms with E-state index < -0.39 is 4.92 Å². The molecule has 0 saturated carbocycles. The minimum atomic E-state index is -0.391. The van der Waals surface area contributed by atoms with E-state index in [9.17, 15) is 10.1 Å². The van der Waals surface area contributed by atoms with Gasteiger partial charge in [0.1, 0.15) is 18.5 Å². The number of quaternary nitrogens is 2. The van der Waals surface area contributed by atoms with Crippen LogP contribution in [-0.2, 0) is 5.41 Å². The van der Waals surface area contributed by atoms with Gasteiger partial charge in [-0.1, -0.05) is 30.3 Å². The highest BCUT2D eigenvalue weighted by molar-refractivity contribution is 5.98. The maximum atomic E-state index is 10.8. The van der Waals surface area contributed by atoms with Crippen molar-refractivity contribution in [2.45, 2.75) is 5.41 Å². The van der Waals surface area contributed by atoms with Crippen LogP contribution in [0.4, 0.5) is 5.69 Å². The van der Waals surface area contributed by atoms with E-state index in [4.69, 9.17) is 5.10 Å². The Bertz CT molecular complexity index is 954. The smallest absolute Gasteiger partial charge is 0.269 e. The van der Waals surface area contributed by atoms with Crippen LogP contribution in [0.3, 0.4) is 0 Å². The van der Waals surface area contributed by atoms with Gasteiger partial charge < -0.3 is 9.80 Å². The summed E-state index contributed by atoms with van der Waals surface area (Å²) >= 11 is 0. The SMILES string of the molecule is O=[N+]([O-])c1ccc(/C=N\N=C2/C3C[NH+]4CC[NH+](C3)CC2(c2ccccc2)C4)cc1. The Hall–Kier alpha value is -2.90. The van der Waals surface area contributed by atoms with Crippen molar-refractivity contribution in [2.75, 3.05) is 39.3 Å². The van der Waals surface area contributed by atoms with Crippen LogP contribution in [0.5, 0.6) is 0 Å². The van der Waals surface area contributed by atoms with Crippen molar-refractivity contribution >= 4 is 17.6 Å². The molecule has 7 heteroatoms. The minimum Gasteiger partial charge on any atom is -0.328 e. The van der Waals surface area contributed by atoms with Crippen LogP contribution in [0.2, 0.25) is 0 Å². The van der Waals surface area contributed by atoms with E-state index in [1.54, 1.807) is 28.1 Å². The first-order chi connectivity index (χ1) is 14.1. The lowest BCUT2D eigenvalue weighted by atomic mass is 9.66. The van der Waals surface area contributed by atoms with E-state index in [1.165, 1.54) is 36.5 Å². The van der Waals surface area contributed by atoms with Crippen LogP contribution in [0.1, 0.15) is 11.1 Å². The molecule has 7 nitrogen and oxygen atoms in total. The highest BCUT2D eigenvalue weighted by Crippen LogP contribution is 2.31. The van der Waals surface area contributed by atoms with Crippen LogP contribution in [0.15, 0.2) is 64.8 Å². The third kappa shape index (κ3) is 3.26. The van der Waals surface area contributed by atoms with Gasteiger partial charge in [0, 0.05) is 12.1 Å². The zero-order valence-electron chi connectivity index (χ0n) is 16.3. The predicted octanol–water partition coefficient (Wildman–Crippen LogP) is -0.265. The first-order valence-electron chi connectivity index (χ1n) is 10.2. The van der Waals surface area contributed by atoms with Crippen molar-refractivity contribution in [3.8, 4) is 0 Å². The van der Waals surface area contributed by atoms with E-state index in [1.807, 2.05) is 0 Å². The molecule has 4 aliphatic rings. The maximum Gasteiger partial charge on any atom is 0.269 e. The van der Waals surface area contributed by atoms with Gasteiger partial charge in [-0.25, -0.2) is 0 Å². The van der Waals surface area contributed by atoms with Gasteiger partial charge in [-0.3, -0.25) is 10.1 Å². The van der Waals surface area contributed by atoms with Gasteiger partial charge in [-0.15, -0.1) is 0 Å². The summed E-state index contributed by atoms with van der Waals surface area (Å²) in [7, 11) is 0. The summed E-state index contributed by atoms with van der Waals surface area (Å²) < 4.78 is 0. The summed E-state index contributed by atoms with van der Waals surface area (Å²) in [4.78, 5) is 13.8. The third-order valence-electron chi connectivity index (χ3n) is 6.69. The highest BCUT2D eigenvalue weighted by Gasteiger charge is 2.58. The molecule has 2 aromatic carbocycles. The second-order valence-corrected chi connectivity index (χ2v) is 8.49. The van der Waals surface area contributed by atoms with Gasteiger partial charge in [0.2, 0.25) is 0 Å². The molecule has 0 aromatic heterocycles. The number of piperidine rings is 2. The van der Waals surface area contributed by atoms with Gasteiger partial charge in [-0.2, -0.15) is 10.2 Å². The van der Waals surface area contributed by atoms with Gasteiger partial charge in [0.25, 0.3) is 5.69 Å². The Morgan fingerprint density at radius 1 is 1.00 bits per heavy atom. The average Bonchev–Trinajstić information content (AvgIpc) is 2.99. The highest BCUT2D eigenvalue weighted by atomic mass is 16.6. The normalized spacial score (nSPS) is 32.0. The van der Waals surface area contributed by atoms with Crippen LogP contribution >= 0.6 is 0 Å². The average molecular weight is 391 g/mol. The fourth-order valence-electron chi connectivity index (χ4n) is 5.46. The fourth-order valence-corrected chi connectivity index (χ4v) is 5.46. The Kier molecular flexibility index (Phi) is 4.49. The second kappa shape index (κ2) is 7.17. The standard InChI is InChI=1S/C22H23N5O2/c28-27(29)20-8-6-17(7-9-20)12-23-24-21-18-13-25-10-11-26(14-18)16-22(21,15-25)19-4-2-1-3-5-19/h1-9,12,18H,10-11,13-16H2/p+2/b23-12-,24-21+. The number of nitrogens with zero attached hydrogens (tertiary/aromatic N) is 3. The van der Waals surface area contributed by atoms with Crippen molar-refractivity contribution in [1.82, 2.24) is 0 Å². The first-order valence-corrected chi connectivity index (χ1v) is 10.2. The molecule has 29 heavy (non-hydrogen) atoms. The Morgan fingerprint density at radius 2 is 1.66 bits per heavy atom. The van der Waals surface area contributed by atoms with E-state index in [-0.39, 0.29) is 11.1 Å². The van der Waals surface area contributed by atoms with Crippen molar-refractivity contribution in [3.63, 3.8) is 0 Å². The zero-order valence-corrected chi connectivity index (χ0v) is 16.3. The second-order valence-electron chi connectivity index (χ2n) is 8.49. The molecule has 4 bridgehead atoms. The molecule has 148 valence electrons. The van der Waals surface area contributed by atoms with Crippen molar-refractivity contribution < 1.29 is 14.7 Å². The lowest BCUT2D eigenvalue weighted by molar-refractivity contribution is -0.918. The summed E-state index contributed by atoms with van der Waals surface area (Å²) in [6.45, 7) is 6.93. The number of hydrogen-bond acceptors (Lipinski definition) is 4. The molecule has 4 fully saturated rings. The molecule has 2 aromatic rings. The van der Waals surface area contributed by atoms with Gasteiger partial charge in [0.15, 0.2) is 0 Å². The number of fused-ring (bicyclic) bond motifs is 1. The number of nitrogens with one attached hydrogen (secondary N) is 2. The monoisotopic (exact) mass is 391 g/mol. The number of hydrogen-bond donors (Lipinski definition) is 2. The van der Waals surface area contributed by atoms with E-state index in [2.05, 4.69) is 35.4 Å². The zero-order chi connectivity index (χ0) is 19.8. The largest absolute Gasteiger partial charge is 0.328 e. The molecule has 2 N–H and O–H groups in total. The van der Waals surface area contributed by atoms with E-state index >= 15 is 0 Å². The molecule has 6 rings (SSSR count). The molecular weight excluding hydrogens is 366 g/mol. The minimum absolute atomic E-state index is 0.0452. The summed E-state index contributed by atoms with van der Waals surface area (Å²) in [5.74, 6) is 0.458. The summed E-state index contributed by atoms with van der Waals surface area (Å²) in [6.07, 6.45) is 1.70. The molecule has 4 aliphatic heterocycles. The Labute approximate surface area is 169 Å². The molecule has 0 radical (unpaired) electrons. The molecule has 0 amide bonds. The van der Waals surface area contributed by atoms with Gasteiger partial charge in [0.05, 0.1) is 48.9 Å². The summed E-state index contributed by atoms with van der Waals surface area (Å²) in [5.41, 5.74) is 3.43. The van der Waals surface area contributed by atoms with Crippen molar-refractivity contribution in [2.24, 2.45) is 16.1 Å². The molecule has 0 spiro atoms. The third-order valence-corrected chi connectivity index (χ3v) is 6.69. The Morgan fingerprint density at radius 3 is 2.28 bits per heavy atom. The lowest BCUT2D eigenvalue weighted by Gasteiger charge is -2.46. The number of rotatable bonds is 4. The fraction of sp³-hybridized carbons (Fsp3) is 0.364. The van der Waals surface area contributed by atoms with E-state index in [0.29, 0.717) is 5.92 Å². The van der Waals surface area contributed by atoms with Gasteiger partial charge >= 0.3 is 0 Å². The topological polar surface area (TPSA) is 76.7 Å². The number of non-ortho nitro benzene ring substituents is 1. The Balaban J connectivity index is 1.49. The first kappa shape index (κ1) is 18.1. The molecule has 2 unspecified atom stereocenters. The molecule has 4 heterocycles. The van der Waals surface area contributed by atoms with Crippen molar-refractivity contribution in [3.05, 3.63) is 75.8 Å². The summed E-state index contributed by atoms with van der Waals surface area (Å²) in [5, 5.41) is 20.0. The molecule has 2 atom stereocenters.